The van der Waals surface area contributed by atoms with E-state index in [2.05, 4.69) is 44.9 Å². The second-order valence-electron chi connectivity index (χ2n) is 6.56. The molecule has 0 radical (unpaired) electrons. The number of hydrogen-bond acceptors (Lipinski definition) is 5. The highest BCUT2D eigenvalue weighted by atomic mass is 79.9. The Labute approximate surface area is 155 Å². The van der Waals surface area contributed by atoms with Crippen LogP contribution in [0.1, 0.15) is 17.2 Å². The molecule has 5 nitrogen and oxygen atoms in total. The molecule has 0 amide bonds. The zero-order valence-electron chi connectivity index (χ0n) is 14.1. The summed E-state index contributed by atoms with van der Waals surface area (Å²) >= 11 is 3.50. The largest absolute Gasteiger partial charge is 0.507 e. The van der Waals surface area contributed by atoms with Gasteiger partial charge in [-0.05, 0) is 30.8 Å². The minimum absolute atomic E-state index is 0.0173. The molecule has 0 spiro atoms. The van der Waals surface area contributed by atoms with Gasteiger partial charge in [0.15, 0.2) is 11.5 Å². The zero-order chi connectivity index (χ0) is 17.4. The Morgan fingerprint density at radius 1 is 1.00 bits per heavy atom. The zero-order valence-corrected chi connectivity index (χ0v) is 15.7. The molecule has 2 aliphatic rings. The van der Waals surface area contributed by atoms with Gasteiger partial charge in [0.1, 0.15) is 5.75 Å². The third-order valence-corrected chi connectivity index (χ3v) is 5.43. The molecule has 1 atom stereocenters. The fourth-order valence-electron chi connectivity index (χ4n) is 3.48. The molecule has 132 valence electrons. The van der Waals surface area contributed by atoms with Crippen LogP contribution in [0.3, 0.4) is 0 Å². The van der Waals surface area contributed by atoms with Gasteiger partial charge in [-0.25, -0.2) is 0 Å². The quantitative estimate of drug-likeness (QED) is 0.850. The standard InChI is InChI=1S/C19H21BrN2O3/c1-21-6-8-22(9-7-21)19(13-2-4-14(20)5-3-13)15-10-17-18(11-16(15)23)25-12-24-17/h2-5,10-11,19,23H,6-9,12H2,1H3. The molecule has 4 rings (SSSR count). The van der Waals surface area contributed by atoms with Gasteiger partial charge < -0.3 is 19.5 Å². The summed E-state index contributed by atoms with van der Waals surface area (Å²) in [6.45, 7) is 4.13. The van der Waals surface area contributed by atoms with Crippen molar-refractivity contribution in [2.45, 2.75) is 6.04 Å². The maximum absolute atomic E-state index is 10.7. The molecule has 2 aliphatic heterocycles. The Morgan fingerprint density at radius 3 is 2.32 bits per heavy atom. The number of hydrogen-bond donors (Lipinski definition) is 1. The highest BCUT2D eigenvalue weighted by molar-refractivity contribution is 9.10. The number of benzene rings is 2. The van der Waals surface area contributed by atoms with E-state index in [0.717, 1.165) is 41.8 Å². The fraction of sp³-hybridized carbons (Fsp3) is 0.368. The SMILES string of the molecule is CN1CCN(C(c2ccc(Br)cc2)c2cc3c(cc2O)OCO3)CC1. The Hall–Kier alpha value is -1.76. The number of likely N-dealkylation sites (N-methyl/N-ethyl adjacent to an activating group) is 1. The summed E-state index contributed by atoms with van der Waals surface area (Å²) in [4.78, 5) is 4.75. The molecule has 6 heteroatoms. The number of phenolic OH excluding ortho intramolecular Hbond substituents is 1. The molecule has 1 unspecified atom stereocenters. The molecule has 0 aliphatic carbocycles. The van der Waals surface area contributed by atoms with Crippen molar-refractivity contribution in [2.75, 3.05) is 40.0 Å². The van der Waals surface area contributed by atoms with Crippen molar-refractivity contribution in [3.63, 3.8) is 0 Å². The first-order valence-electron chi connectivity index (χ1n) is 8.42. The van der Waals surface area contributed by atoms with E-state index >= 15 is 0 Å². The van der Waals surface area contributed by atoms with Gasteiger partial charge in [0.05, 0.1) is 6.04 Å². The van der Waals surface area contributed by atoms with E-state index < -0.39 is 0 Å². The van der Waals surface area contributed by atoms with Gasteiger partial charge in [0.2, 0.25) is 6.79 Å². The van der Waals surface area contributed by atoms with E-state index in [9.17, 15) is 5.11 Å². The van der Waals surface area contributed by atoms with Gasteiger partial charge in [0.25, 0.3) is 0 Å². The van der Waals surface area contributed by atoms with E-state index in [4.69, 9.17) is 9.47 Å². The Bertz CT molecular complexity index is 758. The van der Waals surface area contributed by atoms with Crippen LogP contribution < -0.4 is 9.47 Å². The van der Waals surface area contributed by atoms with Crippen LogP contribution >= 0.6 is 15.9 Å². The second-order valence-corrected chi connectivity index (χ2v) is 7.47. The maximum atomic E-state index is 10.7. The summed E-state index contributed by atoms with van der Waals surface area (Å²) < 4.78 is 12.0. The van der Waals surface area contributed by atoms with Gasteiger partial charge >= 0.3 is 0 Å². The molecule has 0 saturated carbocycles. The maximum Gasteiger partial charge on any atom is 0.231 e. The van der Waals surface area contributed by atoms with Crippen LogP contribution in [0, 0.1) is 0 Å². The van der Waals surface area contributed by atoms with Crippen LogP contribution in [-0.4, -0.2) is 54.9 Å². The monoisotopic (exact) mass is 404 g/mol. The summed E-state index contributed by atoms with van der Waals surface area (Å²) in [5, 5.41) is 10.7. The summed E-state index contributed by atoms with van der Waals surface area (Å²) in [7, 11) is 2.14. The molecule has 1 fully saturated rings. The topological polar surface area (TPSA) is 45.2 Å². The summed E-state index contributed by atoms with van der Waals surface area (Å²) in [5.41, 5.74) is 2.01. The van der Waals surface area contributed by atoms with Crippen LogP contribution in [0.5, 0.6) is 17.2 Å². The number of rotatable bonds is 3. The molecule has 0 bridgehead atoms. The molecular weight excluding hydrogens is 384 g/mol. The first kappa shape index (κ1) is 16.7. The summed E-state index contributed by atoms with van der Waals surface area (Å²) in [6, 6.07) is 11.9. The molecule has 25 heavy (non-hydrogen) atoms. The third-order valence-electron chi connectivity index (χ3n) is 4.91. The first-order valence-corrected chi connectivity index (χ1v) is 9.21. The van der Waals surface area contributed by atoms with Crippen LogP contribution in [0.2, 0.25) is 0 Å². The third kappa shape index (κ3) is 3.34. The number of aromatic hydroxyl groups is 1. The molecule has 0 aromatic heterocycles. The minimum atomic E-state index is -0.0173. The van der Waals surface area contributed by atoms with E-state index in [0.29, 0.717) is 11.5 Å². The van der Waals surface area contributed by atoms with Crippen molar-refractivity contribution in [3.05, 3.63) is 52.0 Å². The van der Waals surface area contributed by atoms with E-state index in [1.165, 1.54) is 0 Å². The predicted molar refractivity (Wildman–Crippen MR) is 99.3 cm³/mol. The number of halogens is 1. The second kappa shape index (κ2) is 6.86. The predicted octanol–water partition coefficient (Wildman–Crippen LogP) is 3.22. The normalized spacial score (nSPS) is 19.1. The van der Waals surface area contributed by atoms with Gasteiger partial charge in [-0.1, -0.05) is 28.1 Å². The van der Waals surface area contributed by atoms with Gasteiger partial charge in [-0.2, -0.15) is 0 Å². The lowest BCUT2D eigenvalue weighted by atomic mass is 9.95. The average Bonchev–Trinajstić information content (AvgIpc) is 3.05. The Morgan fingerprint density at radius 2 is 1.64 bits per heavy atom. The average molecular weight is 405 g/mol. The summed E-state index contributed by atoms with van der Waals surface area (Å²) in [6.07, 6.45) is 0. The number of ether oxygens (including phenoxy) is 2. The lowest BCUT2D eigenvalue weighted by molar-refractivity contribution is 0.126. The van der Waals surface area contributed by atoms with Crippen LogP contribution in [-0.2, 0) is 0 Å². The van der Waals surface area contributed by atoms with Gasteiger partial charge in [-0.15, -0.1) is 0 Å². The Kier molecular flexibility index (Phi) is 4.58. The summed E-state index contributed by atoms with van der Waals surface area (Å²) in [5.74, 6) is 1.55. The van der Waals surface area contributed by atoms with Crippen LogP contribution in [0.25, 0.3) is 0 Å². The smallest absolute Gasteiger partial charge is 0.231 e. The lowest BCUT2D eigenvalue weighted by Crippen LogP contribution is -2.46. The number of fused-ring (bicyclic) bond motifs is 1. The van der Waals surface area contributed by atoms with Crippen LogP contribution in [0.4, 0.5) is 0 Å². The van der Waals surface area contributed by atoms with E-state index in [1.807, 2.05) is 18.2 Å². The highest BCUT2D eigenvalue weighted by Gasteiger charge is 2.29. The minimum Gasteiger partial charge on any atom is -0.507 e. The molecule has 2 aromatic carbocycles. The lowest BCUT2D eigenvalue weighted by Gasteiger charge is -2.38. The van der Waals surface area contributed by atoms with Crippen molar-refractivity contribution < 1.29 is 14.6 Å². The first-order chi connectivity index (χ1) is 12.1. The van der Waals surface area contributed by atoms with Crippen molar-refractivity contribution in [1.82, 2.24) is 9.80 Å². The van der Waals surface area contributed by atoms with Crippen molar-refractivity contribution in [2.24, 2.45) is 0 Å². The molecular formula is C19H21BrN2O3. The van der Waals surface area contributed by atoms with Crippen molar-refractivity contribution in [1.29, 1.82) is 0 Å². The molecule has 1 N–H and O–H groups in total. The molecule has 1 saturated heterocycles. The van der Waals surface area contributed by atoms with Gasteiger partial charge in [-0.3, -0.25) is 4.90 Å². The number of phenols is 1. The van der Waals surface area contributed by atoms with Crippen molar-refractivity contribution >= 4 is 15.9 Å². The molecule has 2 aromatic rings. The van der Waals surface area contributed by atoms with Gasteiger partial charge in [0, 0.05) is 42.3 Å². The van der Waals surface area contributed by atoms with Crippen molar-refractivity contribution in [3.8, 4) is 17.2 Å². The highest BCUT2D eigenvalue weighted by Crippen LogP contribution is 2.43. The number of piperazine rings is 1. The van der Waals surface area contributed by atoms with Crippen LogP contribution in [0.15, 0.2) is 40.9 Å². The fourth-order valence-corrected chi connectivity index (χ4v) is 3.74. The molecule has 2 heterocycles. The Balaban J connectivity index is 1.76. The number of nitrogens with zero attached hydrogens (tertiary/aromatic N) is 2. The van der Waals surface area contributed by atoms with E-state index in [1.54, 1.807) is 6.07 Å². The van der Waals surface area contributed by atoms with E-state index in [-0.39, 0.29) is 18.6 Å².